The van der Waals surface area contributed by atoms with Crippen molar-refractivity contribution in [1.29, 1.82) is 5.26 Å². The second kappa shape index (κ2) is 6.38. The minimum Gasteiger partial charge on any atom is -0.477 e. The predicted molar refractivity (Wildman–Crippen MR) is 51.8 cm³/mol. The molecule has 0 bridgehead atoms. The van der Waals surface area contributed by atoms with Crippen molar-refractivity contribution >= 4 is 17.7 Å². The SMILES string of the molecule is CCN/C(CC)=C(/SC#N)C(=O)O. The summed E-state index contributed by atoms with van der Waals surface area (Å²) in [6.07, 6.45) is 0.587. The van der Waals surface area contributed by atoms with Crippen molar-refractivity contribution in [1.82, 2.24) is 5.32 Å². The van der Waals surface area contributed by atoms with E-state index in [9.17, 15) is 4.79 Å². The fourth-order valence-corrected chi connectivity index (χ4v) is 1.38. The minimum atomic E-state index is -1.05. The molecule has 5 heteroatoms. The lowest BCUT2D eigenvalue weighted by Crippen LogP contribution is -2.16. The molecule has 0 aromatic rings. The lowest BCUT2D eigenvalue weighted by molar-refractivity contribution is -0.131. The highest BCUT2D eigenvalue weighted by Crippen LogP contribution is 2.19. The quantitative estimate of drug-likeness (QED) is 0.520. The van der Waals surface area contributed by atoms with Gasteiger partial charge in [0.2, 0.25) is 0 Å². The molecule has 2 N–H and O–H groups in total. The molecule has 0 amide bonds. The number of nitrogens with zero attached hydrogens (tertiary/aromatic N) is 1. The summed E-state index contributed by atoms with van der Waals surface area (Å²) in [6, 6.07) is 0. The molecule has 0 aromatic heterocycles. The van der Waals surface area contributed by atoms with Gasteiger partial charge in [-0.15, -0.1) is 0 Å². The number of thiocyanates is 1. The molecule has 4 nitrogen and oxygen atoms in total. The molecule has 0 heterocycles. The summed E-state index contributed by atoms with van der Waals surface area (Å²) in [5.41, 5.74) is 0.613. The van der Waals surface area contributed by atoms with Crippen LogP contribution in [0.2, 0.25) is 0 Å². The number of allylic oxidation sites excluding steroid dienone is 1. The number of carboxylic acid groups (broad SMARTS) is 1. The van der Waals surface area contributed by atoms with E-state index in [4.69, 9.17) is 10.4 Å². The summed E-state index contributed by atoms with van der Waals surface area (Å²) in [5.74, 6) is -1.05. The van der Waals surface area contributed by atoms with Crippen LogP contribution in [0, 0.1) is 10.7 Å². The van der Waals surface area contributed by atoms with E-state index in [0.29, 0.717) is 30.4 Å². The molecule has 13 heavy (non-hydrogen) atoms. The molecule has 0 saturated heterocycles. The van der Waals surface area contributed by atoms with Gasteiger partial charge in [-0.3, -0.25) is 0 Å². The molecule has 0 radical (unpaired) electrons. The number of thioether (sulfide) groups is 1. The largest absolute Gasteiger partial charge is 0.477 e. The molecule has 0 spiro atoms. The van der Waals surface area contributed by atoms with E-state index in [-0.39, 0.29) is 4.91 Å². The number of nitriles is 1. The first-order valence-corrected chi connectivity index (χ1v) is 4.75. The van der Waals surface area contributed by atoms with Gasteiger partial charge in [-0.1, -0.05) is 6.92 Å². The molecule has 72 valence electrons. The topological polar surface area (TPSA) is 73.1 Å². The van der Waals surface area contributed by atoms with Crippen LogP contribution in [-0.4, -0.2) is 17.6 Å². The van der Waals surface area contributed by atoms with E-state index in [1.165, 1.54) is 0 Å². The number of hydrogen-bond acceptors (Lipinski definition) is 4. The van der Waals surface area contributed by atoms with Gasteiger partial charge >= 0.3 is 5.97 Å². The Kier molecular flexibility index (Phi) is 5.81. The molecule has 0 aromatic carbocycles. The molecule has 0 atom stereocenters. The minimum absolute atomic E-state index is 0.0897. The second-order valence-electron chi connectivity index (χ2n) is 2.19. The molecular formula is C8H12N2O2S. The van der Waals surface area contributed by atoms with E-state index < -0.39 is 5.97 Å². The molecule has 0 rings (SSSR count). The summed E-state index contributed by atoms with van der Waals surface area (Å²) in [7, 11) is 0. The Bertz CT molecular complexity index is 255. The van der Waals surface area contributed by atoms with Crippen LogP contribution in [0.15, 0.2) is 10.6 Å². The monoisotopic (exact) mass is 200 g/mol. The maximum absolute atomic E-state index is 10.7. The number of nitrogens with one attached hydrogen (secondary N) is 1. The van der Waals surface area contributed by atoms with Crippen LogP contribution in [0.1, 0.15) is 20.3 Å². The van der Waals surface area contributed by atoms with Gasteiger partial charge in [-0.2, -0.15) is 5.26 Å². The van der Waals surface area contributed by atoms with Crippen LogP contribution in [0.5, 0.6) is 0 Å². The van der Waals surface area contributed by atoms with E-state index in [0.717, 1.165) is 0 Å². The van der Waals surface area contributed by atoms with Crippen LogP contribution in [-0.2, 0) is 4.79 Å². The average Bonchev–Trinajstić information content (AvgIpc) is 2.10. The number of rotatable bonds is 5. The van der Waals surface area contributed by atoms with Crippen molar-refractivity contribution in [2.24, 2.45) is 0 Å². The highest BCUT2D eigenvalue weighted by Gasteiger charge is 2.13. The Labute approximate surface area is 81.6 Å². The first-order valence-electron chi connectivity index (χ1n) is 3.93. The Hall–Kier alpha value is -1.15. The maximum Gasteiger partial charge on any atom is 0.345 e. The number of carbonyl (C=O) groups is 1. The highest BCUT2D eigenvalue weighted by atomic mass is 32.2. The fraction of sp³-hybridized carbons (Fsp3) is 0.500. The predicted octanol–water partition coefficient (Wildman–Crippen LogP) is 1.52. The van der Waals surface area contributed by atoms with Crippen LogP contribution >= 0.6 is 11.8 Å². The molecule has 0 aliphatic rings. The summed E-state index contributed by atoms with van der Waals surface area (Å²) >= 11 is 0.680. The summed E-state index contributed by atoms with van der Waals surface area (Å²) in [5, 5.41) is 21.8. The third-order valence-corrected chi connectivity index (χ3v) is 2.08. The van der Waals surface area contributed by atoms with Gasteiger partial charge in [0.25, 0.3) is 0 Å². The van der Waals surface area contributed by atoms with E-state index in [1.54, 1.807) is 5.40 Å². The Morgan fingerprint density at radius 3 is 2.54 bits per heavy atom. The summed E-state index contributed by atoms with van der Waals surface area (Å²) in [4.78, 5) is 10.8. The van der Waals surface area contributed by atoms with Crippen molar-refractivity contribution < 1.29 is 9.90 Å². The first-order chi connectivity index (χ1) is 6.17. The molecule has 0 unspecified atom stereocenters. The van der Waals surface area contributed by atoms with Gasteiger partial charge in [0, 0.05) is 12.2 Å². The molecule has 0 fully saturated rings. The third-order valence-electron chi connectivity index (χ3n) is 1.36. The van der Waals surface area contributed by atoms with Crippen molar-refractivity contribution in [3.63, 3.8) is 0 Å². The summed E-state index contributed by atoms with van der Waals surface area (Å²) in [6.45, 7) is 4.39. The van der Waals surface area contributed by atoms with E-state index >= 15 is 0 Å². The van der Waals surface area contributed by atoms with Crippen LogP contribution < -0.4 is 5.32 Å². The van der Waals surface area contributed by atoms with Gasteiger partial charge in [0.05, 0.1) is 0 Å². The fourth-order valence-electron chi connectivity index (χ4n) is 0.859. The lowest BCUT2D eigenvalue weighted by Gasteiger charge is -2.08. The number of carboxylic acids is 1. The first kappa shape index (κ1) is 11.8. The third kappa shape index (κ3) is 3.85. The van der Waals surface area contributed by atoms with Gasteiger partial charge in [-0.05, 0) is 25.1 Å². The standard InChI is InChI=1S/C8H12N2O2S/c1-3-6(10-4-2)7(8(11)12)13-5-9/h10H,3-4H2,1-2H3,(H,11,12)/b7-6+. The normalized spacial score (nSPS) is 11.5. The molecule has 0 saturated carbocycles. The zero-order valence-electron chi connectivity index (χ0n) is 7.63. The van der Waals surface area contributed by atoms with Crippen molar-refractivity contribution in [3.05, 3.63) is 10.6 Å². The van der Waals surface area contributed by atoms with Gasteiger partial charge in [-0.25, -0.2) is 4.79 Å². The van der Waals surface area contributed by atoms with E-state index in [1.807, 2.05) is 13.8 Å². The molecular weight excluding hydrogens is 188 g/mol. The maximum atomic E-state index is 10.7. The lowest BCUT2D eigenvalue weighted by atomic mass is 10.3. The van der Waals surface area contributed by atoms with Crippen LogP contribution in [0.25, 0.3) is 0 Å². The second-order valence-corrected chi connectivity index (χ2v) is 2.99. The zero-order valence-corrected chi connectivity index (χ0v) is 8.44. The van der Waals surface area contributed by atoms with Crippen molar-refractivity contribution in [2.75, 3.05) is 6.54 Å². The van der Waals surface area contributed by atoms with Crippen molar-refractivity contribution in [3.8, 4) is 5.40 Å². The Morgan fingerprint density at radius 1 is 1.62 bits per heavy atom. The van der Waals surface area contributed by atoms with Gasteiger partial charge in [0.1, 0.15) is 10.3 Å². The Balaban J connectivity index is 4.79. The van der Waals surface area contributed by atoms with Crippen molar-refractivity contribution in [2.45, 2.75) is 20.3 Å². The smallest absolute Gasteiger partial charge is 0.345 e. The number of aliphatic carboxylic acids is 1. The van der Waals surface area contributed by atoms with Gasteiger partial charge < -0.3 is 10.4 Å². The van der Waals surface area contributed by atoms with Crippen LogP contribution in [0.3, 0.4) is 0 Å². The van der Waals surface area contributed by atoms with Crippen LogP contribution in [0.4, 0.5) is 0 Å². The Morgan fingerprint density at radius 2 is 2.23 bits per heavy atom. The number of hydrogen-bond donors (Lipinski definition) is 2. The average molecular weight is 200 g/mol. The summed E-state index contributed by atoms with van der Waals surface area (Å²) < 4.78 is 0. The zero-order chi connectivity index (χ0) is 10.3. The van der Waals surface area contributed by atoms with E-state index in [2.05, 4.69) is 5.32 Å². The molecule has 0 aliphatic heterocycles. The molecule has 0 aliphatic carbocycles. The van der Waals surface area contributed by atoms with Gasteiger partial charge in [0.15, 0.2) is 0 Å². The highest BCUT2D eigenvalue weighted by molar-refractivity contribution is 8.08.